The van der Waals surface area contributed by atoms with Gasteiger partial charge in [0.05, 0.1) is 11.3 Å². The van der Waals surface area contributed by atoms with E-state index < -0.39 is 17.8 Å². The molecule has 0 aromatic heterocycles. The molecule has 0 aliphatic carbocycles. The molecule has 5 nitrogen and oxygen atoms in total. The van der Waals surface area contributed by atoms with Crippen LogP contribution in [0.4, 0.5) is 14.9 Å². The first kappa shape index (κ1) is 16.9. The first-order chi connectivity index (χ1) is 9.72. The van der Waals surface area contributed by atoms with E-state index in [0.717, 1.165) is 12.5 Å². The van der Waals surface area contributed by atoms with Gasteiger partial charge in [0.15, 0.2) is 0 Å². The highest BCUT2D eigenvalue weighted by Crippen LogP contribution is 2.17. The van der Waals surface area contributed by atoms with Crippen LogP contribution in [0.15, 0.2) is 18.2 Å². The first-order valence-electron chi connectivity index (χ1n) is 6.79. The number of aromatic carboxylic acids is 1. The van der Waals surface area contributed by atoms with E-state index in [-0.39, 0.29) is 17.3 Å². The van der Waals surface area contributed by atoms with Crippen LogP contribution in [-0.2, 0) is 0 Å². The number of nitrogens with zero attached hydrogens (tertiary/aromatic N) is 1. The molecule has 2 amide bonds. The molecule has 0 bridgehead atoms. The molecular formula is C15H21FN2O3. The van der Waals surface area contributed by atoms with Gasteiger partial charge in [0, 0.05) is 13.1 Å². The third-order valence-electron chi connectivity index (χ3n) is 3.25. The van der Waals surface area contributed by atoms with Crippen LogP contribution in [0.5, 0.6) is 0 Å². The minimum Gasteiger partial charge on any atom is -0.478 e. The lowest BCUT2D eigenvalue weighted by Crippen LogP contribution is -2.39. The summed E-state index contributed by atoms with van der Waals surface area (Å²) >= 11 is 0. The Labute approximate surface area is 123 Å². The average molecular weight is 296 g/mol. The minimum absolute atomic E-state index is 0.0198. The third kappa shape index (κ3) is 4.73. The van der Waals surface area contributed by atoms with Crippen LogP contribution in [-0.4, -0.2) is 35.1 Å². The fourth-order valence-electron chi connectivity index (χ4n) is 1.99. The molecule has 1 rings (SSSR count). The van der Waals surface area contributed by atoms with Gasteiger partial charge < -0.3 is 15.3 Å². The smallest absolute Gasteiger partial charge is 0.335 e. The summed E-state index contributed by atoms with van der Waals surface area (Å²) < 4.78 is 13.7. The second-order valence-corrected chi connectivity index (χ2v) is 5.52. The highest BCUT2D eigenvalue weighted by molar-refractivity contribution is 5.91. The Kier molecular flexibility index (Phi) is 5.69. The number of carbonyl (C=O) groups excluding carboxylic acids is 1. The van der Waals surface area contributed by atoms with Gasteiger partial charge in [-0.25, -0.2) is 14.0 Å². The van der Waals surface area contributed by atoms with E-state index in [1.165, 1.54) is 17.0 Å². The van der Waals surface area contributed by atoms with Crippen molar-refractivity contribution in [2.45, 2.75) is 33.2 Å². The largest absolute Gasteiger partial charge is 0.478 e. The van der Waals surface area contributed by atoms with Gasteiger partial charge in [0.1, 0.15) is 5.82 Å². The van der Waals surface area contributed by atoms with Crippen molar-refractivity contribution in [2.75, 3.05) is 12.4 Å². The van der Waals surface area contributed by atoms with Gasteiger partial charge in [0.25, 0.3) is 0 Å². The molecule has 1 unspecified atom stereocenters. The van der Waals surface area contributed by atoms with Gasteiger partial charge in [-0.05, 0) is 37.5 Å². The zero-order chi connectivity index (χ0) is 16.2. The summed E-state index contributed by atoms with van der Waals surface area (Å²) in [7, 11) is 1.64. The van der Waals surface area contributed by atoms with Crippen molar-refractivity contribution in [1.29, 1.82) is 0 Å². The van der Waals surface area contributed by atoms with Crippen LogP contribution in [0.1, 0.15) is 37.6 Å². The lowest BCUT2D eigenvalue weighted by Gasteiger charge is -2.26. The Morgan fingerprint density at radius 1 is 1.33 bits per heavy atom. The van der Waals surface area contributed by atoms with E-state index in [1.54, 1.807) is 7.05 Å². The minimum atomic E-state index is -1.21. The number of urea groups is 1. The standard InChI is InChI=1S/C15H21FN2O3/c1-9(2)7-10(3)18(4)15(21)17-13-6-5-11(14(19)20)8-12(13)16/h5-6,8-10H,7H2,1-4H3,(H,17,21)(H,19,20). The predicted octanol–water partition coefficient (Wildman–Crippen LogP) is 3.42. The summed E-state index contributed by atoms with van der Waals surface area (Å²) in [6.07, 6.45) is 0.838. The number of amides is 2. The number of carboxylic acid groups (broad SMARTS) is 1. The fourth-order valence-corrected chi connectivity index (χ4v) is 1.99. The zero-order valence-electron chi connectivity index (χ0n) is 12.7. The molecule has 0 aliphatic heterocycles. The highest BCUT2D eigenvalue weighted by atomic mass is 19.1. The van der Waals surface area contributed by atoms with Crippen molar-refractivity contribution in [3.63, 3.8) is 0 Å². The van der Waals surface area contributed by atoms with Gasteiger partial charge in [0.2, 0.25) is 0 Å². The number of hydrogen-bond acceptors (Lipinski definition) is 2. The first-order valence-corrected chi connectivity index (χ1v) is 6.79. The monoisotopic (exact) mass is 296 g/mol. The Hall–Kier alpha value is -2.11. The van der Waals surface area contributed by atoms with Gasteiger partial charge in [-0.15, -0.1) is 0 Å². The number of halogens is 1. The summed E-state index contributed by atoms with van der Waals surface area (Å²) in [6, 6.07) is 2.97. The Morgan fingerprint density at radius 3 is 2.43 bits per heavy atom. The van der Waals surface area contributed by atoms with Gasteiger partial charge in [-0.1, -0.05) is 13.8 Å². The second-order valence-electron chi connectivity index (χ2n) is 5.52. The molecule has 0 saturated carbocycles. The molecular weight excluding hydrogens is 275 g/mol. The van der Waals surface area contributed by atoms with Gasteiger partial charge in [-0.2, -0.15) is 0 Å². The molecule has 1 aromatic carbocycles. The molecule has 2 N–H and O–H groups in total. The molecule has 0 fully saturated rings. The quantitative estimate of drug-likeness (QED) is 0.874. The molecule has 6 heteroatoms. The molecule has 0 aliphatic rings. The number of nitrogens with one attached hydrogen (secondary N) is 1. The van der Waals surface area contributed by atoms with Crippen LogP contribution in [0, 0.1) is 11.7 Å². The molecule has 116 valence electrons. The van der Waals surface area contributed by atoms with E-state index in [2.05, 4.69) is 19.2 Å². The fraction of sp³-hybridized carbons (Fsp3) is 0.467. The van der Waals surface area contributed by atoms with Crippen molar-refractivity contribution < 1.29 is 19.1 Å². The SMILES string of the molecule is CC(C)CC(C)N(C)C(=O)Nc1ccc(C(=O)O)cc1F. The maximum atomic E-state index is 13.7. The van der Waals surface area contributed by atoms with E-state index in [0.29, 0.717) is 5.92 Å². The second kappa shape index (κ2) is 7.06. The van der Waals surface area contributed by atoms with Crippen molar-refractivity contribution in [1.82, 2.24) is 4.90 Å². The van der Waals surface area contributed by atoms with E-state index in [4.69, 9.17) is 5.11 Å². The summed E-state index contributed by atoms with van der Waals surface area (Å²) in [6.45, 7) is 6.04. The molecule has 1 atom stereocenters. The summed E-state index contributed by atoms with van der Waals surface area (Å²) in [5, 5.41) is 11.2. The van der Waals surface area contributed by atoms with E-state index in [9.17, 15) is 14.0 Å². The summed E-state index contributed by atoms with van der Waals surface area (Å²) in [4.78, 5) is 24.3. The van der Waals surface area contributed by atoms with E-state index in [1.807, 2.05) is 6.92 Å². The third-order valence-corrected chi connectivity index (χ3v) is 3.25. The van der Waals surface area contributed by atoms with Crippen molar-refractivity contribution in [3.8, 4) is 0 Å². The number of rotatable bonds is 5. The van der Waals surface area contributed by atoms with Crippen molar-refractivity contribution >= 4 is 17.7 Å². The topological polar surface area (TPSA) is 69.6 Å². The normalized spacial score (nSPS) is 12.1. The number of anilines is 1. The number of carbonyl (C=O) groups is 2. The van der Waals surface area contributed by atoms with Gasteiger partial charge in [-0.3, -0.25) is 0 Å². The van der Waals surface area contributed by atoms with Crippen LogP contribution in [0.2, 0.25) is 0 Å². The maximum absolute atomic E-state index is 13.7. The lowest BCUT2D eigenvalue weighted by molar-refractivity contribution is 0.0696. The number of carboxylic acids is 1. The maximum Gasteiger partial charge on any atom is 0.335 e. The summed E-state index contributed by atoms with van der Waals surface area (Å²) in [5.41, 5.74) is -0.194. The van der Waals surface area contributed by atoms with Crippen LogP contribution >= 0.6 is 0 Å². The molecule has 1 aromatic rings. The van der Waals surface area contributed by atoms with Crippen LogP contribution in [0.3, 0.4) is 0 Å². The van der Waals surface area contributed by atoms with E-state index >= 15 is 0 Å². The van der Waals surface area contributed by atoms with Crippen molar-refractivity contribution in [3.05, 3.63) is 29.6 Å². The number of hydrogen-bond donors (Lipinski definition) is 2. The number of benzene rings is 1. The lowest BCUT2D eigenvalue weighted by atomic mass is 10.0. The predicted molar refractivity (Wildman–Crippen MR) is 79.1 cm³/mol. The average Bonchev–Trinajstić information content (AvgIpc) is 2.38. The Bertz CT molecular complexity index is 532. The molecule has 21 heavy (non-hydrogen) atoms. The highest BCUT2D eigenvalue weighted by Gasteiger charge is 2.18. The molecule has 0 spiro atoms. The molecule has 0 radical (unpaired) electrons. The van der Waals surface area contributed by atoms with Gasteiger partial charge >= 0.3 is 12.0 Å². The summed E-state index contributed by atoms with van der Waals surface area (Å²) in [5.74, 6) is -1.54. The molecule has 0 heterocycles. The van der Waals surface area contributed by atoms with Crippen LogP contribution in [0.25, 0.3) is 0 Å². The van der Waals surface area contributed by atoms with Crippen LogP contribution < -0.4 is 5.32 Å². The molecule has 0 saturated heterocycles. The zero-order valence-corrected chi connectivity index (χ0v) is 12.7. The Morgan fingerprint density at radius 2 is 1.95 bits per heavy atom. The van der Waals surface area contributed by atoms with Crippen molar-refractivity contribution in [2.24, 2.45) is 5.92 Å². The Balaban J connectivity index is 2.77.